The molecule has 0 aliphatic heterocycles. The lowest BCUT2D eigenvalue weighted by atomic mass is 10.0. The smallest absolute Gasteiger partial charge is 0.277 e. The van der Waals surface area contributed by atoms with Crippen molar-refractivity contribution >= 4 is 17.5 Å². The van der Waals surface area contributed by atoms with Crippen LogP contribution in [0.1, 0.15) is 52.6 Å². The van der Waals surface area contributed by atoms with Crippen molar-refractivity contribution in [2.24, 2.45) is 0 Å². The van der Waals surface area contributed by atoms with Gasteiger partial charge in [0.1, 0.15) is 0 Å². The monoisotopic (exact) mass is 300 g/mol. The second kappa shape index (κ2) is 5.30. The topological polar surface area (TPSA) is 56.0 Å². The molecule has 5 heteroatoms. The number of hydrogen-bond donors (Lipinski definition) is 0. The highest BCUT2D eigenvalue weighted by atomic mass is 32.2. The van der Waals surface area contributed by atoms with E-state index in [-0.39, 0.29) is 5.78 Å². The summed E-state index contributed by atoms with van der Waals surface area (Å²) in [6.45, 7) is 0. The lowest BCUT2D eigenvalue weighted by Gasteiger charge is -2.03. The zero-order valence-corrected chi connectivity index (χ0v) is 12.5. The minimum atomic E-state index is 0.126. The van der Waals surface area contributed by atoms with E-state index >= 15 is 0 Å². The Morgan fingerprint density at radius 1 is 1.24 bits per heavy atom. The van der Waals surface area contributed by atoms with Crippen molar-refractivity contribution in [2.75, 3.05) is 5.75 Å². The molecule has 0 unspecified atom stereocenters. The number of aromatic nitrogens is 2. The molecule has 21 heavy (non-hydrogen) atoms. The minimum Gasteiger partial charge on any atom is -0.416 e. The Kier molecular flexibility index (Phi) is 3.30. The van der Waals surface area contributed by atoms with Crippen LogP contribution in [0.15, 0.2) is 27.8 Å². The van der Waals surface area contributed by atoms with E-state index in [1.54, 1.807) is 0 Å². The zero-order chi connectivity index (χ0) is 14.2. The molecule has 1 heterocycles. The van der Waals surface area contributed by atoms with Crippen molar-refractivity contribution in [3.63, 3.8) is 0 Å². The van der Waals surface area contributed by atoms with E-state index in [9.17, 15) is 4.79 Å². The molecule has 2 aliphatic carbocycles. The lowest BCUT2D eigenvalue weighted by Crippen LogP contribution is -2.03. The van der Waals surface area contributed by atoms with E-state index in [2.05, 4.69) is 22.3 Å². The van der Waals surface area contributed by atoms with Gasteiger partial charge in [-0.15, -0.1) is 10.2 Å². The van der Waals surface area contributed by atoms with Gasteiger partial charge in [-0.1, -0.05) is 23.9 Å². The summed E-state index contributed by atoms with van der Waals surface area (Å²) >= 11 is 1.33. The van der Waals surface area contributed by atoms with E-state index in [0.29, 0.717) is 16.9 Å². The van der Waals surface area contributed by atoms with E-state index < -0.39 is 0 Å². The third kappa shape index (κ3) is 2.75. The predicted octanol–water partition coefficient (Wildman–Crippen LogP) is 3.41. The molecule has 0 bridgehead atoms. The van der Waals surface area contributed by atoms with Gasteiger partial charge in [-0.3, -0.25) is 4.79 Å². The molecule has 1 aromatic heterocycles. The van der Waals surface area contributed by atoms with Gasteiger partial charge in [0, 0.05) is 11.5 Å². The second-order valence-corrected chi connectivity index (χ2v) is 6.66. The molecule has 0 saturated heterocycles. The van der Waals surface area contributed by atoms with Crippen molar-refractivity contribution in [1.29, 1.82) is 0 Å². The molecule has 1 fully saturated rings. The number of aryl methyl sites for hydroxylation is 2. The van der Waals surface area contributed by atoms with Crippen LogP contribution in [-0.4, -0.2) is 21.7 Å². The first-order valence-corrected chi connectivity index (χ1v) is 8.39. The fourth-order valence-corrected chi connectivity index (χ4v) is 3.39. The summed E-state index contributed by atoms with van der Waals surface area (Å²) in [5.41, 5.74) is 3.52. The Morgan fingerprint density at radius 2 is 2.10 bits per heavy atom. The molecule has 4 rings (SSSR count). The fraction of sp³-hybridized carbons (Fsp3) is 0.438. The molecule has 1 saturated carbocycles. The van der Waals surface area contributed by atoms with Gasteiger partial charge < -0.3 is 4.42 Å². The van der Waals surface area contributed by atoms with Crippen molar-refractivity contribution in [2.45, 2.75) is 43.2 Å². The van der Waals surface area contributed by atoms with E-state index in [1.165, 1.54) is 29.3 Å². The maximum absolute atomic E-state index is 12.3. The third-order valence-electron chi connectivity index (χ3n) is 4.10. The highest BCUT2D eigenvalue weighted by molar-refractivity contribution is 7.99. The van der Waals surface area contributed by atoms with Crippen molar-refractivity contribution < 1.29 is 9.21 Å². The molecule has 108 valence electrons. The molecule has 4 nitrogen and oxygen atoms in total. The Hall–Kier alpha value is -1.62. The lowest BCUT2D eigenvalue weighted by molar-refractivity contribution is 0.102. The molecule has 0 radical (unpaired) electrons. The number of thioether (sulfide) groups is 1. The maximum Gasteiger partial charge on any atom is 0.277 e. The third-order valence-corrected chi connectivity index (χ3v) is 4.91. The normalized spacial score (nSPS) is 17.0. The number of carbonyl (C=O) groups is 1. The Morgan fingerprint density at radius 3 is 2.95 bits per heavy atom. The van der Waals surface area contributed by atoms with E-state index in [0.717, 1.165) is 37.1 Å². The van der Waals surface area contributed by atoms with Gasteiger partial charge in [-0.25, -0.2) is 0 Å². The predicted molar refractivity (Wildman–Crippen MR) is 79.8 cm³/mol. The molecule has 1 aromatic carbocycles. The molecule has 0 atom stereocenters. The van der Waals surface area contributed by atoms with Crippen molar-refractivity contribution in [3.8, 4) is 0 Å². The number of rotatable bonds is 5. The van der Waals surface area contributed by atoms with Crippen LogP contribution < -0.4 is 0 Å². The number of benzene rings is 1. The molecular formula is C16H16N2O2S. The summed E-state index contributed by atoms with van der Waals surface area (Å²) in [7, 11) is 0. The average molecular weight is 300 g/mol. The van der Waals surface area contributed by atoms with Gasteiger partial charge in [-0.05, 0) is 49.3 Å². The molecule has 2 aromatic rings. The standard InChI is InChI=1S/C16H16N2O2S/c19-14(13-7-4-10-2-1-3-12(10)8-13)9-21-16-18-17-15(20-16)11-5-6-11/h4,7-8,11H,1-3,5-6,9H2. The van der Waals surface area contributed by atoms with Gasteiger partial charge in [0.2, 0.25) is 5.89 Å². The van der Waals surface area contributed by atoms with Crippen LogP contribution in [0, 0.1) is 0 Å². The van der Waals surface area contributed by atoms with Gasteiger partial charge in [0.15, 0.2) is 5.78 Å². The summed E-state index contributed by atoms with van der Waals surface area (Å²) in [6, 6.07) is 6.09. The Bertz CT molecular complexity index is 691. The average Bonchev–Trinajstić information content (AvgIpc) is 3.07. The van der Waals surface area contributed by atoms with Crippen molar-refractivity contribution in [1.82, 2.24) is 10.2 Å². The van der Waals surface area contributed by atoms with Crippen LogP contribution >= 0.6 is 11.8 Å². The number of hydrogen-bond acceptors (Lipinski definition) is 5. The van der Waals surface area contributed by atoms with Crippen LogP contribution in [0.5, 0.6) is 0 Å². The SMILES string of the molecule is O=C(CSc1nnc(C2CC2)o1)c1ccc2c(c1)CCC2. The maximum atomic E-state index is 12.3. The van der Waals surface area contributed by atoms with Crippen LogP contribution in [0.2, 0.25) is 0 Å². The van der Waals surface area contributed by atoms with Gasteiger partial charge in [0.25, 0.3) is 5.22 Å². The first-order valence-electron chi connectivity index (χ1n) is 7.41. The van der Waals surface area contributed by atoms with E-state index in [1.807, 2.05) is 6.07 Å². The molecule has 2 aliphatic rings. The van der Waals surface area contributed by atoms with Crippen LogP contribution in [0.25, 0.3) is 0 Å². The zero-order valence-electron chi connectivity index (χ0n) is 11.7. The van der Waals surface area contributed by atoms with Crippen LogP contribution in [0.3, 0.4) is 0 Å². The number of nitrogens with zero attached hydrogens (tertiary/aromatic N) is 2. The van der Waals surface area contributed by atoms with Gasteiger partial charge in [0.05, 0.1) is 5.75 Å². The summed E-state index contributed by atoms with van der Waals surface area (Å²) in [5.74, 6) is 1.66. The summed E-state index contributed by atoms with van der Waals surface area (Å²) < 4.78 is 5.56. The van der Waals surface area contributed by atoms with Gasteiger partial charge in [-0.2, -0.15) is 0 Å². The molecule has 0 N–H and O–H groups in total. The first-order chi connectivity index (χ1) is 10.3. The van der Waals surface area contributed by atoms with Crippen molar-refractivity contribution in [3.05, 3.63) is 40.8 Å². The summed E-state index contributed by atoms with van der Waals surface area (Å²) in [4.78, 5) is 12.3. The first kappa shape index (κ1) is 13.1. The Labute approximate surface area is 127 Å². The molecular weight excluding hydrogens is 284 g/mol. The fourth-order valence-electron chi connectivity index (χ4n) is 2.73. The molecule has 0 spiro atoms. The second-order valence-electron chi connectivity index (χ2n) is 5.73. The number of carbonyl (C=O) groups excluding carboxylic acids is 1. The largest absolute Gasteiger partial charge is 0.416 e. The van der Waals surface area contributed by atoms with Gasteiger partial charge >= 0.3 is 0 Å². The summed E-state index contributed by atoms with van der Waals surface area (Å²) in [6.07, 6.45) is 5.72. The summed E-state index contributed by atoms with van der Waals surface area (Å²) in [5, 5.41) is 8.53. The highest BCUT2D eigenvalue weighted by Crippen LogP contribution is 2.39. The van der Waals surface area contributed by atoms with E-state index in [4.69, 9.17) is 4.42 Å². The minimum absolute atomic E-state index is 0.126. The highest BCUT2D eigenvalue weighted by Gasteiger charge is 2.29. The van der Waals surface area contributed by atoms with Crippen LogP contribution in [-0.2, 0) is 12.8 Å². The Balaban J connectivity index is 1.40. The number of fused-ring (bicyclic) bond motifs is 1. The van der Waals surface area contributed by atoms with Crippen LogP contribution in [0.4, 0.5) is 0 Å². The quantitative estimate of drug-likeness (QED) is 0.625. The number of Topliss-reactive ketones (excluding diaryl/α,β-unsaturated/α-hetero) is 1. The molecule has 0 amide bonds. The number of ketones is 1.